The van der Waals surface area contributed by atoms with Crippen LogP contribution in [0.1, 0.15) is 16.7 Å². The Labute approximate surface area is 94.3 Å². The smallest absolute Gasteiger partial charge is 0.101 e. The molecule has 0 spiro atoms. The number of nitrogens with zero attached hydrogens (tertiary/aromatic N) is 1. The zero-order valence-electron chi connectivity index (χ0n) is 9.03. The van der Waals surface area contributed by atoms with Crippen molar-refractivity contribution in [3.63, 3.8) is 0 Å². The largest absolute Gasteiger partial charge is 0.472 e. The van der Waals surface area contributed by atoms with E-state index in [0.29, 0.717) is 12.1 Å². The van der Waals surface area contributed by atoms with E-state index in [2.05, 4.69) is 11.4 Å². The SMILES string of the molecule is Cc1ccc(NCc2ccoc2)c(C#N)c1. The summed E-state index contributed by atoms with van der Waals surface area (Å²) in [5.74, 6) is 0. The molecule has 1 aromatic carbocycles. The molecule has 0 bridgehead atoms. The van der Waals surface area contributed by atoms with Gasteiger partial charge in [0, 0.05) is 12.1 Å². The third kappa shape index (κ3) is 2.23. The molecule has 0 aliphatic rings. The molecule has 1 heterocycles. The van der Waals surface area contributed by atoms with Crippen LogP contribution in [-0.2, 0) is 6.54 Å². The van der Waals surface area contributed by atoms with Gasteiger partial charge >= 0.3 is 0 Å². The van der Waals surface area contributed by atoms with E-state index in [-0.39, 0.29) is 0 Å². The highest BCUT2D eigenvalue weighted by atomic mass is 16.3. The molecule has 0 unspecified atom stereocenters. The molecule has 2 rings (SSSR count). The Morgan fingerprint density at radius 1 is 1.38 bits per heavy atom. The summed E-state index contributed by atoms with van der Waals surface area (Å²) in [4.78, 5) is 0. The van der Waals surface area contributed by atoms with Crippen LogP contribution in [0.5, 0.6) is 0 Å². The fourth-order valence-electron chi connectivity index (χ4n) is 1.50. The fourth-order valence-corrected chi connectivity index (χ4v) is 1.50. The Kier molecular flexibility index (Phi) is 2.93. The van der Waals surface area contributed by atoms with Gasteiger partial charge in [0.25, 0.3) is 0 Å². The summed E-state index contributed by atoms with van der Waals surface area (Å²) in [6.45, 7) is 2.63. The van der Waals surface area contributed by atoms with E-state index in [9.17, 15) is 0 Å². The highest BCUT2D eigenvalue weighted by molar-refractivity contribution is 5.58. The lowest BCUT2D eigenvalue weighted by atomic mass is 10.1. The first-order chi connectivity index (χ1) is 7.79. The maximum atomic E-state index is 8.99. The standard InChI is InChI=1S/C13H12N2O/c1-10-2-3-13(12(6-10)7-14)15-8-11-4-5-16-9-11/h2-6,9,15H,8H2,1H3. The van der Waals surface area contributed by atoms with Gasteiger partial charge in [-0.15, -0.1) is 0 Å². The summed E-state index contributed by atoms with van der Waals surface area (Å²) < 4.78 is 4.97. The van der Waals surface area contributed by atoms with Crippen molar-refractivity contribution in [3.8, 4) is 6.07 Å². The summed E-state index contributed by atoms with van der Waals surface area (Å²) in [5, 5.41) is 12.2. The molecule has 0 aliphatic heterocycles. The minimum Gasteiger partial charge on any atom is -0.472 e. The number of furan rings is 1. The van der Waals surface area contributed by atoms with Gasteiger partial charge in [-0.3, -0.25) is 0 Å². The van der Waals surface area contributed by atoms with E-state index >= 15 is 0 Å². The van der Waals surface area contributed by atoms with Crippen LogP contribution in [0.2, 0.25) is 0 Å². The topological polar surface area (TPSA) is 49.0 Å². The van der Waals surface area contributed by atoms with Gasteiger partial charge in [0.1, 0.15) is 6.07 Å². The summed E-state index contributed by atoms with van der Waals surface area (Å²) in [7, 11) is 0. The Morgan fingerprint density at radius 3 is 2.94 bits per heavy atom. The minimum atomic E-state index is 0.661. The summed E-state index contributed by atoms with van der Waals surface area (Å²) in [6, 6.07) is 9.86. The monoisotopic (exact) mass is 212 g/mol. The lowest BCUT2D eigenvalue weighted by Gasteiger charge is -2.07. The van der Waals surface area contributed by atoms with Crippen molar-refractivity contribution in [1.29, 1.82) is 5.26 Å². The molecule has 1 N–H and O–H groups in total. The van der Waals surface area contributed by atoms with Crippen LogP contribution in [0.4, 0.5) is 5.69 Å². The zero-order valence-corrected chi connectivity index (χ0v) is 9.03. The predicted molar refractivity (Wildman–Crippen MR) is 61.9 cm³/mol. The van der Waals surface area contributed by atoms with Crippen molar-refractivity contribution in [2.24, 2.45) is 0 Å². The Morgan fingerprint density at radius 2 is 2.25 bits per heavy atom. The van der Waals surface area contributed by atoms with Crippen molar-refractivity contribution < 1.29 is 4.42 Å². The van der Waals surface area contributed by atoms with Gasteiger partial charge in [-0.05, 0) is 30.7 Å². The number of aryl methyl sites for hydroxylation is 1. The van der Waals surface area contributed by atoms with Crippen molar-refractivity contribution in [1.82, 2.24) is 0 Å². The van der Waals surface area contributed by atoms with Gasteiger partial charge in [-0.1, -0.05) is 6.07 Å². The molecule has 1 aromatic heterocycles. The highest BCUT2D eigenvalue weighted by Gasteiger charge is 2.02. The van der Waals surface area contributed by atoms with Gasteiger partial charge in [-0.25, -0.2) is 0 Å². The van der Waals surface area contributed by atoms with E-state index in [1.54, 1.807) is 12.5 Å². The molecule has 80 valence electrons. The number of hydrogen-bond acceptors (Lipinski definition) is 3. The van der Waals surface area contributed by atoms with Crippen LogP contribution >= 0.6 is 0 Å². The normalized spacial score (nSPS) is 9.75. The van der Waals surface area contributed by atoms with Crippen molar-refractivity contribution in [3.05, 3.63) is 53.5 Å². The third-order valence-electron chi connectivity index (χ3n) is 2.36. The van der Waals surface area contributed by atoms with Crippen LogP contribution in [-0.4, -0.2) is 0 Å². The minimum absolute atomic E-state index is 0.661. The molecule has 0 radical (unpaired) electrons. The predicted octanol–water partition coefficient (Wildman–Crippen LogP) is 3.07. The lowest BCUT2D eigenvalue weighted by Crippen LogP contribution is -2.00. The number of benzene rings is 1. The van der Waals surface area contributed by atoms with Gasteiger partial charge in [0.2, 0.25) is 0 Å². The van der Waals surface area contributed by atoms with E-state index in [1.807, 2.05) is 31.2 Å². The third-order valence-corrected chi connectivity index (χ3v) is 2.36. The number of nitriles is 1. The number of rotatable bonds is 3. The van der Waals surface area contributed by atoms with E-state index < -0.39 is 0 Å². The first kappa shape index (κ1) is 10.3. The van der Waals surface area contributed by atoms with Crippen molar-refractivity contribution >= 4 is 5.69 Å². The van der Waals surface area contributed by atoms with Crippen LogP contribution in [0.15, 0.2) is 41.2 Å². The number of anilines is 1. The van der Waals surface area contributed by atoms with Crippen LogP contribution in [0.25, 0.3) is 0 Å². The Hall–Kier alpha value is -2.21. The second kappa shape index (κ2) is 4.54. The lowest BCUT2D eigenvalue weighted by molar-refractivity contribution is 0.564. The van der Waals surface area contributed by atoms with Crippen molar-refractivity contribution in [2.45, 2.75) is 13.5 Å². The van der Waals surface area contributed by atoms with E-state index in [1.165, 1.54) is 0 Å². The maximum Gasteiger partial charge on any atom is 0.101 e. The summed E-state index contributed by atoms with van der Waals surface area (Å²) in [6.07, 6.45) is 3.32. The van der Waals surface area contributed by atoms with Gasteiger partial charge in [-0.2, -0.15) is 5.26 Å². The maximum absolute atomic E-state index is 8.99. The Balaban J connectivity index is 2.13. The van der Waals surface area contributed by atoms with E-state index in [4.69, 9.17) is 9.68 Å². The number of hydrogen-bond donors (Lipinski definition) is 1. The molecule has 0 saturated heterocycles. The van der Waals surface area contributed by atoms with Gasteiger partial charge in [0.15, 0.2) is 0 Å². The quantitative estimate of drug-likeness (QED) is 0.850. The molecule has 0 atom stereocenters. The molecule has 16 heavy (non-hydrogen) atoms. The van der Waals surface area contributed by atoms with Crippen molar-refractivity contribution in [2.75, 3.05) is 5.32 Å². The zero-order chi connectivity index (χ0) is 11.4. The molecule has 0 fully saturated rings. The van der Waals surface area contributed by atoms with Gasteiger partial charge in [0.05, 0.1) is 23.8 Å². The van der Waals surface area contributed by atoms with Crippen LogP contribution < -0.4 is 5.32 Å². The van der Waals surface area contributed by atoms with Crippen LogP contribution in [0, 0.1) is 18.3 Å². The fraction of sp³-hybridized carbons (Fsp3) is 0.154. The molecule has 2 aromatic rings. The molecule has 3 heteroatoms. The molecule has 0 saturated carbocycles. The second-order valence-corrected chi connectivity index (χ2v) is 3.65. The molecular weight excluding hydrogens is 200 g/mol. The first-order valence-electron chi connectivity index (χ1n) is 5.05. The summed E-state index contributed by atoms with van der Waals surface area (Å²) in [5.41, 5.74) is 3.67. The van der Waals surface area contributed by atoms with E-state index in [0.717, 1.165) is 16.8 Å². The molecule has 0 amide bonds. The summed E-state index contributed by atoms with van der Waals surface area (Å²) >= 11 is 0. The highest BCUT2D eigenvalue weighted by Crippen LogP contribution is 2.17. The Bertz CT molecular complexity index is 509. The molecular formula is C13H12N2O. The average Bonchev–Trinajstić information content (AvgIpc) is 2.80. The second-order valence-electron chi connectivity index (χ2n) is 3.65. The number of nitrogens with one attached hydrogen (secondary N) is 1. The first-order valence-corrected chi connectivity index (χ1v) is 5.05. The van der Waals surface area contributed by atoms with Crippen LogP contribution in [0.3, 0.4) is 0 Å². The average molecular weight is 212 g/mol. The molecule has 0 aliphatic carbocycles. The van der Waals surface area contributed by atoms with Gasteiger partial charge < -0.3 is 9.73 Å². The molecule has 3 nitrogen and oxygen atoms in total.